The van der Waals surface area contributed by atoms with Crippen LogP contribution in [0.1, 0.15) is 16.0 Å². The monoisotopic (exact) mass is 235 g/mol. The molecule has 0 fully saturated rings. The standard InChI is InChI=1S/C12H13NS2/c1-8-4-5-11(9(2)6-8)13-12-14-7-10(3)15-12/h4-7H,1-3H3/b13-12+. The second-order valence-electron chi connectivity index (χ2n) is 3.62. The molecule has 0 unspecified atom stereocenters. The van der Waals surface area contributed by atoms with Crippen molar-refractivity contribution in [3.8, 4) is 0 Å². The highest BCUT2D eigenvalue weighted by atomic mass is 32.2. The Morgan fingerprint density at radius 3 is 2.53 bits per heavy atom. The van der Waals surface area contributed by atoms with E-state index in [1.807, 2.05) is 0 Å². The van der Waals surface area contributed by atoms with E-state index in [2.05, 4.69) is 49.3 Å². The van der Waals surface area contributed by atoms with Crippen molar-refractivity contribution < 1.29 is 0 Å². The summed E-state index contributed by atoms with van der Waals surface area (Å²) in [4.78, 5) is 5.96. The third-order valence-corrected chi connectivity index (χ3v) is 4.30. The van der Waals surface area contributed by atoms with Crippen LogP contribution in [0, 0.1) is 20.8 Å². The van der Waals surface area contributed by atoms with Gasteiger partial charge >= 0.3 is 0 Å². The van der Waals surface area contributed by atoms with Crippen molar-refractivity contribution >= 4 is 28.4 Å². The average molecular weight is 235 g/mol. The summed E-state index contributed by atoms with van der Waals surface area (Å²) >= 11 is 3.46. The molecule has 78 valence electrons. The maximum absolute atomic E-state index is 4.64. The second kappa shape index (κ2) is 4.29. The Bertz CT molecular complexity index is 535. The predicted octanol–water partition coefficient (Wildman–Crippen LogP) is 3.97. The molecule has 0 aliphatic heterocycles. The summed E-state index contributed by atoms with van der Waals surface area (Å²) in [5.74, 6) is 0. The van der Waals surface area contributed by atoms with Crippen LogP contribution in [0.15, 0.2) is 28.6 Å². The normalized spacial score (nSPS) is 12.1. The fourth-order valence-corrected chi connectivity index (χ4v) is 3.30. The van der Waals surface area contributed by atoms with E-state index in [0.29, 0.717) is 0 Å². The Morgan fingerprint density at radius 1 is 1.13 bits per heavy atom. The molecule has 0 saturated carbocycles. The van der Waals surface area contributed by atoms with E-state index in [1.165, 1.54) is 16.0 Å². The van der Waals surface area contributed by atoms with Crippen molar-refractivity contribution in [1.29, 1.82) is 0 Å². The Hall–Kier alpha value is -0.930. The van der Waals surface area contributed by atoms with Crippen molar-refractivity contribution in [2.24, 2.45) is 4.99 Å². The molecule has 1 heterocycles. The molecular formula is C12H13NS2. The molecule has 0 bridgehead atoms. The summed E-state index contributed by atoms with van der Waals surface area (Å²) in [5.41, 5.74) is 3.62. The zero-order valence-corrected chi connectivity index (χ0v) is 10.7. The summed E-state index contributed by atoms with van der Waals surface area (Å²) in [5, 5.41) is 2.15. The zero-order chi connectivity index (χ0) is 10.8. The number of aryl methyl sites for hydroxylation is 3. The zero-order valence-electron chi connectivity index (χ0n) is 9.07. The maximum atomic E-state index is 4.64. The maximum Gasteiger partial charge on any atom is 0.171 e. The van der Waals surface area contributed by atoms with Crippen molar-refractivity contribution in [3.05, 3.63) is 43.6 Å². The van der Waals surface area contributed by atoms with Crippen LogP contribution in [-0.4, -0.2) is 0 Å². The highest BCUT2D eigenvalue weighted by Gasteiger charge is 1.96. The second-order valence-corrected chi connectivity index (χ2v) is 5.97. The van der Waals surface area contributed by atoms with Gasteiger partial charge < -0.3 is 0 Å². The summed E-state index contributed by atoms with van der Waals surface area (Å²) in [6.45, 7) is 6.33. The number of nitrogens with zero attached hydrogens (tertiary/aromatic N) is 1. The average Bonchev–Trinajstić information content (AvgIpc) is 2.56. The predicted molar refractivity (Wildman–Crippen MR) is 68.1 cm³/mol. The quantitative estimate of drug-likeness (QED) is 0.709. The first-order chi connectivity index (χ1) is 7.15. The topological polar surface area (TPSA) is 12.4 Å². The molecule has 0 radical (unpaired) electrons. The molecule has 0 N–H and O–H groups in total. The summed E-state index contributed by atoms with van der Waals surface area (Å²) in [7, 11) is 0. The van der Waals surface area contributed by atoms with Gasteiger partial charge in [-0.3, -0.25) is 0 Å². The highest BCUT2D eigenvalue weighted by molar-refractivity contribution is 7.26. The molecule has 0 aliphatic carbocycles. The van der Waals surface area contributed by atoms with Gasteiger partial charge in [-0.1, -0.05) is 17.7 Å². The Kier molecular flexibility index (Phi) is 3.03. The molecule has 1 aromatic carbocycles. The molecule has 2 aromatic rings. The first kappa shape index (κ1) is 10.6. The van der Waals surface area contributed by atoms with Crippen LogP contribution in [0.4, 0.5) is 5.69 Å². The molecule has 1 aromatic heterocycles. The lowest BCUT2D eigenvalue weighted by Gasteiger charge is -1.99. The Balaban J connectivity index is 2.48. The van der Waals surface area contributed by atoms with E-state index >= 15 is 0 Å². The largest absolute Gasteiger partial charge is 0.227 e. The lowest BCUT2D eigenvalue weighted by atomic mass is 10.1. The third kappa shape index (κ3) is 2.55. The van der Waals surface area contributed by atoms with Crippen LogP contribution in [0.5, 0.6) is 0 Å². The van der Waals surface area contributed by atoms with Crippen molar-refractivity contribution in [3.63, 3.8) is 0 Å². The number of rotatable bonds is 1. The SMILES string of the molecule is Cc1ccc(/N=c2\scc(C)s2)c(C)c1. The van der Waals surface area contributed by atoms with Crippen LogP contribution in [0.3, 0.4) is 0 Å². The van der Waals surface area contributed by atoms with Gasteiger partial charge in [-0.25, -0.2) is 4.99 Å². The van der Waals surface area contributed by atoms with E-state index in [4.69, 9.17) is 0 Å². The molecular weight excluding hydrogens is 222 g/mol. The van der Waals surface area contributed by atoms with E-state index in [9.17, 15) is 0 Å². The van der Waals surface area contributed by atoms with Gasteiger partial charge in [-0.05, 0) is 32.4 Å². The van der Waals surface area contributed by atoms with Gasteiger partial charge in [0.25, 0.3) is 0 Å². The molecule has 0 saturated heterocycles. The van der Waals surface area contributed by atoms with Crippen LogP contribution >= 0.6 is 22.7 Å². The first-order valence-electron chi connectivity index (χ1n) is 4.82. The van der Waals surface area contributed by atoms with Crippen LogP contribution in [-0.2, 0) is 0 Å². The van der Waals surface area contributed by atoms with Gasteiger partial charge in [0.2, 0.25) is 0 Å². The minimum atomic E-state index is 1.08. The molecule has 3 heteroatoms. The minimum Gasteiger partial charge on any atom is -0.227 e. The molecule has 1 nitrogen and oxygen atoms in total. The van der Waals surface area contributed by atoms with Gasteiger partial charge in [0.1, 0.15) is 0 Å². The van der Waals surface area contributed by atoms with E-state index in [1.54, 1.807) is 22.7 Å². The molecule has 2 rings (SSSR count). The number of hydrogen-bond acceptors (Lipinski definition) is 3. The van der Waals surface area contributed by atoms with Gasteiger partial charge in [0.15, 0.2) is 3.98 Å². The van der Waals surface area contributed by atoms with Gasteiger partial charge in [0.05, 0.1) is 5.69 Å². The first-order valence-corrected chi connectivity index (χ1v) is 6.52. The van der Waals surface area contributed by atoms with Crippen molar-refractivity contribution in [1.82, 2.24) is 0 Å². The van der Waals surface area contributed by atoms with E-state index in [-0.39, 0.29) is 0 Å². The molecule has 0 atom stereocenters. The highest BCUT2D eigenvalue weighted by Crippen LogP contribution is 2.19. The van der Waals surface area contributed by atoms with Crippen molar-refractivity contribution in [2.75, 3.05) is 0 Å². The summed E-state index contributed by atoms with van der Waals surface area (Å²) in [6, 6.07) is 6.37. The number of hydrogen-bond donors (Lipinski definition) is 0. The van der Waals surface area contributed by atoms with E-state index in [0.717, 1.165) is 9.67 Å². The molecule has 15 heavy (non-hydrogen) atoms. The molecule has 0 amide bonds. The Labute approximate surface area is 97.8 Å². The molecule has 0 aliphatic rings. The summed E-state index contributed by atoms with van der Waals surface area (Å²) in [6.07, 6.45) is 0. The van der Waals surface area contributed by atoms with Gasteiger partial charge in [-0.2, -0.15) is 0 Å². The fraction of sp³-hybridized carbons (Fsp3) is 0.250. The van der Waals surface area contributed by atoms with Crippen molar-refractivity contribution in [2.45, 2.75) is 20.8 Å². The van der Waals surface area contributed by atoms with E-state index < -0.39 is 0 Å². The fourth-order valence-electron chi connectivity index (χ4n) is 1.40. The number of benzene rings is 1. The third-order valence-electron chi connectivity index (χ3n) is 2.14. The van der Waals surface area contributed by atoms with Crippen LogP contribution < -0.4 is 3.98 Å². The van der Waals surface area contributed by atoms with Gasteiger partial charge in [-0.15, -0.1) is 22.7 Å². The lowest BCUT2D eigenvalue weighted by Crippen LogP contribution is -1.86. The van der Waals surface area contributed by atoms with Crippen LogP contribution in [0.25, 0.3) is 0 Å². The molecule has 0 spiro atoms. The smallest absolute Gasteiger partial charge is 0.171 e. The minimum absolute atomic E-state index is 1.08. The summed E-state index contributed by atoms with van der Waals surface area (Å²) < 4.78 is 1.12. The Morgan fingerprint density at radius 2 is 1.93 bits per heavy atom. The van der Waals surface area contributed by atoms with Crippen LogP contribution in [0.2, 0.25) is 0 Å². The lowest BCUT2D eigenvalue weighted by molar-refractivity contribution is 1.32. The van der Waals surface area contributed by atoms with Gasteiger partial charge in [0, 0.05) is 10.3 Å².